The van der Waals surface area contributed by atoms with E-state index in [-0.39, 0.29) is 35.7 Å². The van der Waals surface area contributed by atoms with Crippen molar-refractivity contribution in [3.05, 3.63) is 28.5 Å². The molecule has 0 radical (unpaired) electrons. The molecule has 0 aliphatic carbocycles. The van der Waals surface area contributed by atoms with E-state index in [1.165, 1.54) is 0 Å². The first-order valence-corrected chi connectivity index (χ1v) is 8.96. The number of fused-ring (bicyclic) bond motifs is 1. The van der Waals surface area contributed by atoms with Crippen LogP contribution in [0.5, 0.6) is 0 Å². The topological polar surface area (TPSA) is 91.4 Å². The van der Waals surface area contributed by atoms with Gasteiger partial charge in [0, 0.05) is 18.5 Å². The Labute approximate surface area is 150 Å². The predicted molar refractivity (Wildman–Crippen MR) is 89.8 cm³/mol. The molecule has 8 heteroatoms. The van der Waals surface area contributed by atoms with E-state index in [9.17, 15) is 14.4 Å². The summed E-state index contributed by atoms with van der Waals surface area (Å²) in [6.07, 6.45) is 2.61. The first-order chi connectivity index (χ1) is 12.0. The molecule has 0 spiro atoms. The van der Waals surface area contributed by atoms with Crippen molar-refractivity contribution in [2.45, 2.75) is 44.3 Å². The summed E-state index contributed by atoms with van der Waals surface area (Å²) >= 11 is 5.95. The Morgan fingerprint density at radius 3 is 2.84 bits per heavy atom. The quantitative estimate of drug-likeness (QED) is 0.601. The van der Waals surface area contributed by atoms with E-state index in [0.29, 0.717) is 35.8 Å². The lowest BCUT2D eigenvalue weighted by atomic mass is 9.82. The third-order valence-corrected chi connectivity index (χ3v) is 5.55. The summed E-state index contributed by atoms with van der Waals surface area (Å²) in [5, 5.41) is 6.20. The number of hydrogen-bond donors (Lipinski definition) is 2. The molecule has 4 heterocycles. The van der Waals surface area contributed by atoms with Crippen molar-refractivity contribution in [3.8, 4) is 0 Å². The van der Waals surface area contributed by atoms with Gasteiger partial charge in [-0.2, -0.15) is 0 Å². The fraction of sp³-hybridized carbons (Fsp3) is 0.529. The van der Waals surface area contributed by atoms with Crippen LogP contribution < -0.4 is 10.6 Å². The lowest BCUT2D eigenvalue weighted by Gasteiger charge is -2.42. The largest absolute Gasteiger partial charge is 0.328 e. The maximum Gasteiger partial charge on any atom is 0.256 e. The minimum absolute atomic E-state index is 0.0647. The molecule has 3 aliphatic heterocycles. The summed E-state index contributed by atoms with van der Waals surface area (Å²) < 4.78 is 0. The van der Waals surface area contributed by atoms with Gasteiger partial charge in [0.1, 0.15) is 5.15 Å². The number of carbonyl (C=O) groups is 3. The molecule has 25 heavy (non-hydrogen) atoms. The number of pyridine rings is 1. The number of imide groups is 1. The van der Waals surface area contributed by atoms with E-state index in [0.717, 1.165) is 19.4 Å². The molecule has 2 fully saturated rings. The first kappa shape index (κ1) is 16.5. The van der Waals surface area contributed by atoms with Crippen LogP contribution >= 0.6 is 11.6 Å². The Morgan fingerprint density at radius 1 is 1.20 bits per heavy atom. The van der Waals surface area contributed by atoms with Crippen molar-refractivity contribution in [1.29, 1.82) is 0 Å². The Hall–Kier alpha value is -1.99. The number of nitrogens with one attached hydrogen (secondary N) is 2. The maximum atomic E-state index is 12.8. The Kier molecular flexibility index (Phi) is 4.21. The van der Waals surface area contributed by atoms with Gasteiger partial charge in [0.2, 0.25) is 11.8 Å². The molecule has 7 nitrogen and oxygen atoms in total. The summed E-state index contributed by atoms with van der Waals surface area (Å²) in [6, 6.07) is 3.08. The Balaban J connectivity index is 1.59. The molecule has 0 saturated carbocycles. The zero-order chi connectivity index (χ0) is 17.6. The number of rotatable bonds is 2. The molecule has 3 unspecified atom stereocenters. The molecule has 4 rings (SSSR count). The highest BCUT2D eigenvalue weighted by Crippen LogP contribution is 2.32. The van der Waals surface area contributed by atoms with Crippen molar-refractivity contribution in [1.82, 2.24) is 20.5 Å². The smallest absolute Gasteiger partial charge is 0.256 e. The zero-order valence-electron chi connectivity index (χ0n) is 13.6. The van der Waals surface area contributed by atoms with Crippen LogP contribution in [-0.4, -0.2) is 46.2 Å². The number of amides is 3. The number of piperidine rings is 2. The van der Waals surface area contributed by atoms with Gasteiger partial charge in [0.15, 0.2) is 0 Å². The average Bonchev–Trinajstić information content (AvgIpc) is 2.91. The molecule has 3 amide bonds. The first-order valence-electron chi connectivity index (χ1n) is 8.58. The molecule has 132 valence electrons. The molecule has 3 atom stereocenters. The zero-order valence-corrected chi connectivity index (χ0v) is 14.4. The van der Waals surface area contributed by atoms with Gasteiger partial charge in [0.25, 0.3) is 5.91 Å². The van der Waals surface area contributed by atoms with Gasteiger partial charge in [0.05, 0.1) is 23.7 Å². The maximum absolute atomic E-state index is 12.8. The molecule has 2 N–H and O–H groups in total. The second-order valence-corrected chi connectivity index (χ2v) is 7.20. The van der Waals surface area contributed by atoms with Gasteiger partial charge in [-0.05, 0) is 37.9 Å². The molecule has 0 aromatic carbocycles. The minimum Gasteiger partial charge on any atom is -0.328 e. The fourth-order valence-corrected chi connectivity index (χ4v) is 4.32. The summed E-state index contributed by atoms with van der Waals surface area (Å²) in [5.74, 6) is -0.843. The molecule has 1 aromatic rings. The Bertz CT molecular complexity index is 753. The minimum atomic E-state index is -0.309. The van der Waals surface area contributed by atoms with Crippen LogP contribution in [0.25, 0.3) is 0 Å². The van der Waals surface area contributed by atoms with E-state index < -0.39 is 0 Å². The third kappa shape index (κ3) is 2.91. The Morgan fingerprint density at radius 2 is 2.04 bits per heavy atom. The van der Waals surface area contributed by atoms with Gasteiger partial charge in [-0.25, -0.2) is 4.98 Å². The summed E-state index contributed by atoms with van der Waals surface area (Å²) in [7, 11) is 0. The highest BCUT2D eigenvalue weighted by Gasteiger charge is 2.44. The number of nitrogens with zero attached hydrogens (tertiary/aromatic N) is 2. The molecule has 0 bridgehead atoms. The monoisotopic (exact) mass is 362 g/mol. The lowest BCUT2D eigenvalue weighted by molar-refractivity contribution is -0.137. The second-order valence-electron chi connectivity index (χ2n) is 6.81. The average molecular weight is 363 g/mol. The molecular formula is C17H19ClN4O3. The highest BCUT2D eigenvalue weighted by molar-refractivity contribution is 6.29. The van der Waals surface area contributed by atoms with Gasteiger partial charge in [-0.3, -0.25) is 19.7 Å². The van der Waals surface area contributed by atoms with Crippen LogP contribution in [0.2, 0.25) is 5.15 Å². The van der Waals surface area contributed by atoms with Gasteiger partial charge in [-0.1, -0.05) is 11.6 Å². The van der Waals surface area contributed by atoms with Crippen LogP contribution in [-0.2, 0) is 16.1 Å². The predicted octanol–water partition coefficient (Wildman–Crippen LogP) is 0.864. The van der Waals surface area contributed by atoms with Crippen molar-refractivity contribution in [3.63, 3.8) is 0 Å². The lowest BCUT2D eigenvalue weighted by Crippen LogP contribution is -2.60. The van der Waals surface area contributed by atoms with Crippen LogP contribution in [0.4, 0.5) is 0 Å². The fourth-order valence-electron chi connectivity index (χ4n) is 4.15. The van der Waals surface area contributed by atoms with E-state index in [2.05, 4.69) is 15.6 Å². The van der Waals surface area contributed by atoms with Crippen LogP contribution in [0, 0.1) is 5.92 Å². The number of carbonyl (C=O) groups excluding carboxylic acids is 3. The van der Waals surface area contributed by atoms with Crippen molar-refractivity contribution >= 4 is 29.3 Å². The summed E-state index contributed by atoms with van der Waals surface area (Å²) in [4.78, 5) is 42.6. The highest BCUT2D eigenvalue weighted by atomic mass is 35.5. The number of aromatic nitrogens is 1. The van der Waals surface area contributed by atoms with Crippen LogP contribution in [0.15, 0.2) is 12.1 Å². The number of halogens is 1. The SMILES string of the molecule is O=C1CCC(C2NCCCC2N2Cc3nc(Cl)ccc3C2=O)C(=O)N1. The normalized spacial score (nSPS) is 29.6. The summed E-state index contributed by atoms with van der Waals surface area (Å²) in [5.41, 5.74) is 1.27. The van der Waals surface area contributed by atoms with Crippen LogP contribution in [0.3, 0.4) is 0 Å². The number of hydrogen-bond acceptors (Lipinski definition) is 5. The van der Waals surface area contributed by atoms with Gasteiger partial charge in [-0.15, -0.1) is 0 Å². The van der Waals surface area contributed by atoms with E-state index >= 15 is 0 Å². The van der Waals surface area contributed by atoms with Crippen molar-refractivity contribution < 1.29 is 14.4 Å². The van der Waals surface area contributed by atoms with Crippen LogP contribution in [0.1, 0.15) is 41.7 Å². The van der Waals surface area contributed by atoms with Gasteiger partial charge < -0.3 is 10.2 Å². The van der Waals surface area contributed by atoms with Crippen molar-refractivity contribution in [2.75, 3.05) is 6.54 Å². The third-order valence-electron chi connectivity index (χ3n) is 5.34. The van der Waals surface area contributed by atoms with E-state index in [1.807, 2.05) is 0 Å². The second kappa shape index (κ2) is 6.38. The van der Waals surface area contributed by atoms with E-state index in [4.69, 9.17) is 11.6 Å². The standard InChI is InChI=1S/C17H19ClN4O3/c18-13-5-3-9-11(20-13)8-22(17(9)25)12-2-1-7-19-15(12)10-4-6-14(23)21-16(10)24/h3,5,10,12,15,19H,1-2,4,6-8H2,(H,21,23,24). The molecule has 1 aromatic heterocycles. The summed E-state index contributed by atoms with van der Waals surface area (Å²) in [6.45, 7) is 1.21. The molecular weight excluding hydrogens is 344 g/mol. The molecule has 3 aliphatic rings. The van der Waals surface area contributed by atoms with E-state index in [1.54, 1.807) is 17.0 Å². The molecule has 2 saturated heterocycles. The van der Waals surface area contributed by atoms with Crippen molar-refractivity contribution in [2.24, 2.45) is 5.92 Å². The van der Waals surface area contributed by atoms with Gasteiger partial charge >= 0.3 is 0 Å².